The van der Waals surface area contributed by atoms with Crippen LogP contribution in [0.15, 0.2) is 77.7 Å². The van der Waals surface area contributed by atoms with Gasteiger partial charge in [0.1, 0.15) is 12.4 Å². The van der Waals surface area contributed by atoms with E-state index in [1.807, 2.05) is 59.4 Å². The van der Waals surface area contributed by atoms with Crippen molar-refractivity contribution in [2.75, 3.05) is 18.1 Å². The molecule has 0 unspecified atom stereocenters. The summed E-state index contributed by atoms with van der Waals surface area (Å²) >= 11 is 7.73. The number of para-hydroxylation sites is 2. The molecule has 168 valence electrons. The van der Waals surface area contributed by atoms with Crippen molar-refractivity contribution in [2.45, 2.75) is 17.9 Å². The minimum Gasteiger partial charge on any atom is -0.352 e. The normalized spacial score (nSPS) is 10.8. The molecule has 0 atom stereocenters. The van der Waals surface area contributed by atoms with Gasteiger partial charge < -0.3 is 15.2 Å². The minimum absolute atomic E-state index is 0.123. The van der Waals surface area contributed by atoms with Gasteiger partial charge >= 0.3 is 0 Å². The van der Waals surface area contributed by atoms with Gasteiger partial charge in [-0.3, -0.25) is 9.59 Å². The largest absolute Gasteiger partial charge is 0.352 e. The molecule has 0 bridgehead atoms. The number of hydrogen-bond donors (Lipinski definition) is 2. The van der Waals surface area contributed by atoms with Crippen LogP contribution in [0.1, 0.15) is 16.2 Å². The number of nitrogens with one attached hydrogen (secondary N) is 2. The van der Waals surface area contributed by atoms with E-state index in [9.17, 15) is 9.59 Å². The topological polar surface area (TPSA) is 76.0 Å². The summed E-state index contributed by atoms with van der Waals surface area (Å²) in [6.07, 6.45) is 2.47. The number of amides is 2. The first-order valence-corrected chi connectivity index (χ1v) is 12.1. The van der Waals surface area contributed by atoms with Crippen LogP contribution in [-0.4, -0.2) is 34.2 Å². The van der Waals surface area contributed by atoms with Gasteiger partial charge in [0.15, 0.2) is 0 Å². The average Bonchev–Trinajstić information content (AvgIpc) is 3.16. The molecule has 0 aliphatic carbocycles. The zero-order valence-corrected chi connectivity index (χ0v) is 19.6. The third kappa shape index (κ3) is 5.56. The summed E-state index contributed by atoms with van der Waals surface area (Å²) in [5, 5.41) is 6.26. The quantitative estimate of drug-likeness (QED) is 0.348. The summed E-state index contributed by atoms with van der Waals surface area (Å²) in [4.78, 5) is 31.1. The number of carbonyl (C=O) groups is 2. The van der Waals surface area contributed by atoms with Gasteiger partial charge in [-0.25, -0.2) is 4.98 Å². The zero-order valence-electron chi connectivity index (χ0n) is 18.0. The smallest absolute Gasteiger partial charge is 0.252 e. The highest BCUT2D eigenvalue weighted by Crippen LogP contribution is 2.20. The van der Waals surface area contributed by atoms with Gasteiger partial charge in [0.2, 0.25) is 5.91 Å². The van der Waals surface area contributed by atoms with Gasteiger partial charge in [-0.2, -0.15) is 0 Å². The molecule has 3 aromatic carbocycles. The first kappa shape index (κ1) is 22.9. The predicted molar refractivity (Wildman–Crippen MR) is 134 cm³/mol. The number of halogens is 1. The summed E-state index contributed by atoms with van der Waals surface area (Å²) in [7, 11) is 0. The van der Waals surface area contributed by atoms with Crippen molar-refractivity contribution >= 4 is 51.9 Å². The number of hydrogen-bond acceptors (Lipinski definition) is 4. The van der Waals surface area contributed by atoms with Gasteiger partial charge in [-0.05, 0) is 48.7 Å². The molecule has 0 spiro atoms. The van der Waals surface area contributed by atoms with Crippen molar-refractivity contribution in [3.63, 3.8) is 0 Å². The van der Waals surface area contributed by atoms with Crippen molar-refractivity contribution in [1.82, 2.24) is 14.9 Å². The predicted octanol–water partition coefficient (Wildman–Crippen LogP) is 5.02. The molecule has 4 aromatic rings. The Hall–Kier alpha value is -3.29. The molecule has 0 saturated carbocycles. The van der Waals surface area contributed by atoms with Crippen LogP contribution in [0.4, 0.5) is 5.69 Å². The van der Waals surface area contributed by atoms with Crippen LogP contribution < -0.4 is 10.6 Å². The fraction of sp³-hybridized carbons (Fsp3) is 0.160. The molecule has 0 saturated heterocycles. The molecule has 33 heavy (non-hydrogen) atoms. The highest BCUT2D eigenvalue weighted by atomic mass is 35.5. The molecule has 1 aromatic heterocycles. The molecule has 0 fully saturated rings. The number of rotatable bonds is 8. The zero-order chi connectivity index (χ0) is 23.2. The monoisotopic (exact) mass is 478 g/mol. The molecule has 0 aliphatic heterocycles. The van der Waals surface area contributed by atoms with Crippen LogP contribution in [0, 0.1) is 0 Å². The van der Waals surface area contributed by atoms with Crippen molar-refractivity contribution < 1.29 is 9.59 Å². The molecule has 2 amide bonds. The second-order valence-corrected chi connectivity index (χ2v) is 8.66. The molecule has 0 aliphatic rings. The fourth-order valence-corrected chi connectivity index (χ4v) is 4.25. The second-order valence-electron chi connectivity index (χ2n) is 7.37. The Morgan fingerprint density at radius 2 is 1.82 bits per heavy atom. The van der Waals surface area contributed by atoms with Gasteiger partial charge in [0, 0.05) is 23.5 Å². The molecule has 4 rings (SSSR count). The Morgan fingerprint density at radius 3 is 2.64 bits per heavy atom. The van der Waals surface area contributed by atoms with E-state index in [1.54, 1.807) is 36.0 Å². The minimum atomic E-state index is -0.241. The van der Waals surface area contributed by atoms with Crippen molar-refractivity contribution in [3.05, 3.63) is 89.2 Å². The van der Waals surface area contributed by atoms with Gasteiger partial charge in [0.25, 0.3) is 5.91 Å². The van der Waals surface area contributed by atoms with E-state index in [0.29, 0.717) is 23.6 Å². The number of benzene rings is 3. The maximum Gasteiger partial charge on any atom is 0.252 e. The number of anilines is 1. The maximum absolute atomic E-state index is 12.8. The number of aromatic nitrogens is 2. The van der Waals surface area contributed by atoms with Gasteiger partial charge in [-0.15, -0.1) is 11.8 Å². The second kappa shape index (κ2) is 10.6. The van der Waals surface area contributed by atoms with Gasteiger partial charge in [0.05, 0.1) is 21.6 Å². The molecule has 8 heteroatoms. The number of carbonyl (C=O) groups excluding carboxylic acids is 2. The third-order valence-corrected chi connectivity index (χ3v) is 6.20. The lowest BCUT2D eigenvalue weighted by Gasteiger charge is -2.11. The Bertz CT molecular complexity index is 1300. The number of imidazole rings is 1. The van der Waals surface area contributed by atoms with Crippen LogP contribution >= 0.6 is 23.4 Å². The lowest BCUT2D eigenvalue weighted by atomic mass is 10.2. The summed E-state index contributed by atoms with van der Waals surface area (Å²) in [5.74, 6) is 0.344. The average molecular weight is 479 g/mol. The highest BCUT2D eigenvalue weighted by molar-refractivity contribution is 7.98. The number of thioether (sulfide) groups is 1. The molecule has 0 radical (unpaired) electrons. The Morgan fingerprint density at radius 1 is 1.03 bits per heavy atom. The number of nitrogens with zero attached hydrogens (tertiary/aromatic N) is 2. The first-order chi connectivity index (χ1) is 16.0. The third-order valence-electron chi connectivity index (χ3n) is 5.14. The van der Waals surface area contributed by atoms with E-state index < -0.39 is 0 Å². The lowest BCUT2D eigenvalue weighted by Crippen LogP contribution is -2.27. The van der Waals surface area contributed by atoms with Crippen molar-refractivity contribution in [3.8, 4) is 0 Å². The SMILES string of the molecule is CSc1cccc(NC(=O)Cn2c(CCNC(=O)c3ccccc3Cl)nc3ccccc32)c1. The lowest BCUT2D eigenvalue weighted by molar-refractivity contribution is -0.116. The van der Waals surface area contributed by atoms with Crippen molar-refractivity contribution in [1.29, 1.82) is 0 Å². The van der Waals surface area contributed by atoms with E-state index in [2.05, 4.69) is 15.6 Å². The maximum atomic E-state index is 12.8. The van der Waals surface area contributed by atoms with Crippen LogP contribution in [-0.2, 0) is 17.8 Å². The highest BCUT2D eigenvalue weighted by Gasteiger charge is 2.15. The molecular weight excluding hydrogens is 456 g/mol. The Balaban J connectivity index is 1.48. The van der Waals surface area contributed by atoms with E-state index >= 15 is 0 Å². The van der Waals surface area contributed by atoms with Gasteiger partial charge in [-0.1, -0.05) is 41.9 Å². The number of fused-ring (bicyclic) bond motifs is 1. The van der Waals surface area contributed by atoms with E-state index in [1.165, 1.54) is 0 Å². The van der Waals surface area contributed by atoms with Crippen molar-refractivity contribution in [2.24, 2.45) is 0 Å². The van der Waals surface area contributed by atoms with Crippen LogP contribution in [0.2, 0.25) is 5.02 Å². The molecular formula is C25H23ClN4O2S. The standard InChI is InChI=1S/C25H23ClN4O2S/c1-33-18-8-6-7-17(15-18)28-24(31)16-30-22-12-5-4-11-21(22)29-23(30)13-14-27-25(32)19-9-2-3-10-20(19)26/h2-12,15H,13-14,16H2,1H3,(H,27,32)(H,28,31). The van der Waals surface area contributed by atoms with Crippen LogP contribution in [0.25, 0.3) is 11.0 Å². The first-order valence-electron chi connectivity index (χ1n) is 10.5. The summed E-state index contributed by atoms with van der Waals surface area (Å²) in [6.45, 7) is 0.489. The molecule has 2 N–H and O–H groups in total. The fourth-order valence-electron chi connectivity index (χ4n) is 3.57. The van der Waals surface area contributed by atoms with Crippen LogP contribution in [0.5, 0.6) is 0 Å². The van der Waals surface area contributed by atoms with Crippen LogP contribution in [0.3, 0.4) is 0 Å². The Labute approximate surface area is 201 Å². The summed E-state index contributed by atoms with van der Waals surface area (Å²) in [6, 6.07) is 22.3. The molecule has 6 nitrogen and oxygen atoms in total. The summed E-state index contributed by atoms with van der Waals surface area (Å²) < 4.78 is 1.89. The van der Waals surface area contributed by atoms with E-state index in [0.717, 1.165) is 27.4 Å². The Kier molecular flexibility index (Phi) is 7.32. The van der Waals surface area contributed by atoms with E-state index in [4.69, 9.17) is 11.6 Å². The molecule has 1 heterocycles. The summed E-state index contributed by atoms with van der Waals surface area (Å²) in [5.41, 5.74) is 2.87. The van der Waals surface area contributed by atoms with E-state index in [-0.39, 0.29) is 18.4 Å².